The number of anilines is 4. The van der Waals surface area contributed by atoms with Crippen molar-refractivity contribution in [3.05, 3.63) is 152 Å². The first kappa shape index (κ1) is 73.2. The first-order valence-electron chi connectivity index (χ1n) is 30.8. The van der Waals surface area contributed by atoms with E-state index in [0.29, 0.717) is 82.3 Å². The van der Waals surface area contributed by atoms with E-state index in [1.807, 2.05) is 121 Å². The summed E-state index contributed by atoms with van der Waals surface area (Å²) in [6.45, 7) is 23.1. The molecule has 6 aromatic rings. The van der Waals surface area contributed by atoms with Crippen LogP contribution < -0.4 is 52.8 Å². The van der Waals surface area contributed by atoms with E-state index in [-0.39, 0.29) is 72.1 Å². The van der Waals surface area contributed by atoms with Crippen LogP contribution in [0.2, 0.25) is 0 Å². The SMILES string of the molecule is Cc1ccc(N=Nc2ccc(N(CCO)CCO)cc2)cc1.Cc1ccc(N=Nc2ccc(N(CCOC(=O)NCC(C)(C)CC(C)CCNC(=O)Nc3nc(C)cc(=O)[nH]3)CCOC(=O)NCC(C)(C)CC(C)CCNC(=O)Nc3nc(C)cc(=O)[nH]3)cc2)cc1. The molecule has 496 valence electrons. The number of rotatable bonds is 32. The summed E-state index contributed by atoms with van der Waals surface area (Å²) in [5.74, 6) is 0.590. The Morgan fingerprint density at radius 3 is 1.16 bits per heavy atom. The van der Waals surface area contributed by atoms with Gasteiger partial charge >= 0.3 is 24.2 Å². The molecule has 6 rings (SSSR count). The van der Waals surface area contributed by atoms with Crippen molar-refractivity contribution < 1.29 is 38.9 Å². The van der Waals surface area contributed by atoms with Crippen molar-refractivity contribution in [1.29, 1.82) is 0 Å². The number of carbonyl (C=O) groups excluding carboxylic acids is 4. The molecule has 0 bridgehead atoms. The van der Waals surface area contributed by atoms with E-state index in [1.54, 1.807) is 13.8 Å². The van der Waals surface area contributed by atoms with Crippen molar-refractivity contribution >= 4 is 70.3 Å². The van der Waals surface area contributed by atoms with Crippen LogP contribution in [0.3, 0.4) is 0 Å². The Bertz CT molecular complexity index is 3300. The molecule has 6 amide bonds. The van der Waals surface area contributed by atoms with E-state index in [4.69, 9.17) is 19.7 Å². The summed E-state index contributed by atoms with van der Waals surface area (Å²) >= 11 is 0. The van der Waals surface area contributed by atoms with E-state index >= 15 is 0 Å². The zero-order chi connectivity index (χ0) is 67.1. The lowest BCUT2D eigenvalue weighted by molar-refractivity contribution is 0.136. The minimum atomic E-state index is -0.558. The molecule has 92 heavy (non-hydrogen) atoms. The number of aromatic amines is 2. The summed E-state index contributed by atoms with van der Waals surface area (Å²) in [6.07, 6.45) is 1.80. The zero-order valence-electron chi connectivity index (χ0n) is 54.6. The van der Waals surface area contributed by atoms with Crippen LogP contribution in [-0.4, -0.2) is 133 Å². The smallest absolute Gasteiger partial charge is 0.407 e. The van der Waals surface area contributed by atoms with Crippen LogP contribution in [0.25, 0.3) is 0 Å². The molecular formula is C66H92N16O10. The highest BCUT2D eigenvalue weighted by Crippen LogP contribution is 2.29. The monoisotopic (exact) mass is 1270 g/mol. The molecule has 2 unspecified atom stereocenters. The number of aliphatic hydroxyl groups excluding tert-OH is 2. The predicted octanol–water partition coefficient (Wildman–Crippen LogP) is 11.2. The van der Waals surface area contributed by atoms with Crippen LogP contribution in [0.4, 0.5) is 65.2 Å². The largest absolute Gasteiger partial charge is 0.448 e. The van der Waals surface area contributed by atoms with Crippen LogP contribution in [0.1, 0.15) is 89.7 Å². The van der Waals surface area contributed by atoms with Crippen molar-refractivity contribution in [2.45, 2.75) is 94.9 Å². The van der Waals surface area contributed by atoms with Gasteiger partial charge in [0.1, 0.15) is 13.2 Å². The Kier molecular flexibility index (Phi) is 29.9. The Morgan fingerprint density at radius 2 is 0.837 bits per heavy atom. The molecule has 10 N–H and O–H groups in total. The van der Waals surface area contributed by atoms with Crippen LogP contribution in [0, 0.1) is 50.4 Å². The molecule has 4 aromatic carbocycles. The number of H-pyrrole nitrogens is 2. The molecule has 0 radical (unpaired) electrons. The quantitative estimate of drug-likeness (QED) is 0.0176. The molecule has 2 heterocycles. The topological polar surface area (TPSA) is 347 Å². The zero-order valence-corrected chi connectivity index (χ0v) is 54.6. The van der Waals surface area contributed by atoms with E-state index in [0.717, 1.165) is 46.8 Å². The minimum absolute atomic E-state index is 0.0505. The van der Waals surface area contributed by atoms with Gasteiger partial charge in [-0.25, -0.2) is 29.1 Å². The van der Waals surface area contributed by atoms with Crippen molar-refractivity contribution in [3.63, 3.8) is 0 Å². The molecule has 0 saturated heterocycles. The number of hydrogen-bond acceptors (Lipinski definition) is 18. The number of carbonyl (C=O) groups is 4. The Morgan fingerprint density at radius 1 is 0.511 bits per heavy atom. The highest BCUT2D eigenvalue weighted by molar-refractivity contribution is 5.87. The number of aliphatic hydroxyl groups is 2. The summed E-state index contributed by atoms with van der Waals surface area (Å²) in [6, 6.07) is 32.3. The van der Waals surface area contributed by atoms with Crippen molar-refractivity contribution in [2.24, 2.45) is 43.1 Å². The molecule has 26 nitrogen and oxygen atoms in total. The standard InChI is InChI=1S/C49H71N13O8.C17H21N3O2/c1-32-10-12-37(13-11-32)60-61-38-14-16-39(17-15-38)62(22-24-69-46(67)52-30-48(6,7)28-33(2)18-20-50-44(65)58-42-54-35(4)26-40(63)56-42)23-25-70-47(68)53-31-49(8,9)29-34(3)19-21-51-45(66)59-43-55-36(5)27-41(64)57-43;1-14-2-4-15(5-3-14)18-19-16-6-8-17(9-7-16)20(10-12-21)11-13-22/h10-17,26-27,33-34H,18-25,28-31H2,1-9H3,(H,52,67)(H,53,68)(H3,50,54,56,58,63,65)(H3,51,55,57,59,64,66);2-9,21-22H,10-13H2,1H3. The summed E-state index contributed by atoms with van der Waals surface area (Å²) in [5, 5.41) is 51.6. The van der Waals surface area contributed by atoms with Gasteiger partial charge in [0, 0.05) is 74.2 Å². The van der Waals surface area contributed by atoms with Gasteiger partial charge in [0.05, 0.1) is 49.1 Å². The number of aromatic nitrogens is 4. The third-order valence-corrected chi connectivity index (χ3v) is 14.3. The van der Waals surface area contributed by atoms with Crippen LogP contribution >= 0.6 is 0 Å². The van der Waals surface area contributed by atoms with Gasteiger partial charge < -0.3 is 50.8 Å². The molecule has 0 spiro atoms. The number of nitrogens with one attached hydrogen (secondary N) is 8. The second-order valence-electron chi connectivity index (χ2n) is 24.3. The van der Waals surface area contributed by atoms with Gasteiger partial charge in [0.2, 0.25) is 11.9 Å². The first-order chi connectivity index (χ1) is 43.8. The molecule has 2 aromatic heterocycles. The van der Waals surface area contributed by atoms with Crippen molar-refractivity contribution in [2.75, 3.05) is 99.2 Å². The Balaban J connectivity index is 0.000000583. The number of urea groups is 2. The van der Waals surface area contributed by atoms with Crippen molar-refractivity contribution in [1.82, 2.24) is 41.2 Å². The van der Waals surface area contributed by atoms with Gasteiger partial charge in [-0.2, -0.15) is 20.5 Å². The molecule has 0 aliphatic carbocycles. The Labute approximate surface area is 538 Å². The third-order valence-electron chi connectivity index (χ3n) is 14.3. The number of benzene rings is 4. The average molecular weight is 1270 g/mol. The molecule has 26 heteroatoms. The second-order valence-corrected chi connectivity index (χ2v) is 24.3. The fraction of sp³-hybridized carbons (Fsp3) is 0.455. The molecule has 0 saturated carbocycles. The van der Waals surface area contributed by atoms with E-state index in [2.05, 4.69) is 114 Å². The summed E-state index contributed by atoms with van der Waals surface area (Å²) < 4.78 is 11.2. The van der Waals surface area contributed by atoms with Gasteiger partial charge in [-0.3, -0.25) is 30.2 Å². The Hall–Kier alpha value is -9.56. The molecule has 0 fully saturated rings. The van der Waals surface area contributed by atoms with Crippen molar-refractivity contribution in [3.8, 4) is 0 Å². The number of amides is 6. The fourth-order valence-electron chi connectivity index (χ4n) is 9.80. The van der Waals surface area contributed by atoms with Crippen LogP contribution in [0.15, 0.2) is 139 Å². The average Bonchev–Trinajstić information content (AvgIpc) is 1.74. The minimum Gasteiger partial charge on any atom is -0.448 e. The number of ether oxygens (including phenoxy) is 2. The van der Waals surface area contributed by atoms with Gasteiger partial charge in [-0.05, 0) is 149 Å². The number of azo groups is 2. The lowest BCUT2D eigenvalue weighted by Crippen LogP contribution is -2.38. The number of hydrogen-bond donors (Lipinski definition) is 10. The van der Waals surface area contributed by atoms with Gasteiger partial charge in [-0.15, -0.1) is 0 Å². The van der Waals surface area contributed by atoms with E-state index in [1.165, 1.54) is 17.7 Å². The number of aryl methyl sites for hydroxylation is 4. The number of nitrogens with zero attached hydrogens (tertiary/aromatic N) is 8. The molecule has 2 atom stereocenters. The fourth-order valence-corrected chi connectivity index (χ4v) is 9.80. The maximum atomic E-state index is 12.9. The van der Waals surface area contributed by atoms with Gasteiger partial charge in [-0.1, -0.05) is 76.9 Å². The molecule has 0 aliphatic heterocycles. The lowest BCUT2D eigenvalue weighted by atomic mass is 9.82. The van der Waals surface area contributed by atoms with Gasteiger partial charge in [0.25, 0.3) is 11.1 Å². The second kappa shape index (κ2) is 37.6. The number of alkyl carbamates (subject to hydrolysis) is 2. The van der Waals surface area contributed by atoms with Crippen LogP contribution in [0.5, 0.6) is 0 Å². The molecule has 0 aliphatic rings. The maximum absolute atomic E-state index is 12.9. The summed E-state index contributed by atoms with van der Waals surface area (Å²) in [7, 11) is 0. The highest BCUT2D eigenvalue weighted by atomic mass is 16.6. The third kappa shape index (κ3) is 28.9. The summed E-state index contributed by atoms with van der Waals surface area (Å²) in [4.78, 5) is 90.8. The molecular weight excluding hydrogens is 1180 g/mol. The predicted molar refractivity (Wildman–Crippen MR) is 358 cm³/mol. The van der Waals surface area contributed by atoms with E-state index < -0.39 is 24.2 Å². The van der Waals surface area contributed by atoms with Gasteiger partial charge in [0.15, 0.2) is 0 Å². The van der Waals surface area contributed by atoms with E-state index in [9.17, 15) is 28.8 Å². The highest BCUT2D eigenvalue weighted by Gasteiger charge is 2.25. The summed E-state index contributed by atoms with van der Waals surface area (Å²) in [5.41, 5.74) is 6.75. The van der Waals surface area contributed by atoms with Crippen LogP contribution in [-0.2, 0) is 9.47 Å². The normalized spacial score (nSPS) is 12.0. The maximum Gasteiger partial charge on any atom is 0.407 e. The first-order valence-corrected chi connectivity index (χ1v) is 30.8. The lowest BCUT2D eigenvalue weighted by Gasteiger charge is -2.29.